The number of hydrogen-bond acceptors (Lipinski definition) is 4. The molecular weight excluding hydrogens is 346 g/mol. The van der Waals surface area contributed by atoms with Crippen molar-refractivity contribution < 1.29 is 9.53 Å². The Morgan fingerprint density at radius 2 is 2.05 bits per heavy atom. The van der Waals surface area contributed by atoms with Gasteiger partial charge in [-0.3, -0.25) is 10.2 Å². The van der Waals surface area contributed by atoms with Crippen LogP contribution in [0.1, 0.15) is 20.3 Å². The lowest BCUT2D eigenvalue weighted by Crippen LogP contribution is -2.60. The summed E-state index contributed by atoms with van der Waals surface area (Å²) in [6, 6.07) is -0.356. The van der Waals surface area contributed by atoms with Gasteiger partial charge in [-0.25, -0.2) is 5.01 Å². The molecule has 3 atom stereocenters. The van der Waals surface area contributed by atoms with Crippen molar-refractivity contribution in [3.05, 3.63) is 12.2 Å². The number of carbonyl (C=O) groups excluding carboxylic acids is 1. The molecule has 0 aliphatic carbocycles. The second kappa shape index (κ2) is 6.59. The topological polar surface area (TPSA) is 41.6 Å². The highest BCUT2D eigenvalue weighted by Crippen LogP contribution is 2.41. The van der Waals surface area contributed by atoms with Crippen LogP contribution < -0.4 is 5.43 Å². The smallest absolute Gasteiger partial charge is 0.326 e. The molecule has 1 N–H and O–H groups in total. The molecule has 20 heavy (non-hydrogen) atoms. The molecule has 2 aliphatic heterocycles. The zero-order valence-corrected chi connectivity index (χ0v) is 14.3. The molecular formula is C12H18Cl4N2O2. The van der Waals surface area contributed by atoms with Crippen molar-refractivity contribution in [2.75, 3.05) is 13.1 Å². The van der Waals surface area contributed by atoms with Crippen LogP contribution in [0.2, 0.25) is 0 Å². The normalized spacial score (nSPS) is 29.6. The Balaban J connectivity index is 0.00000200. The second-order valence-corrected chi connectivity index (χ2v) is 7.60. The highest BCUT2D eigenvalue weighted by molar-refractivity contribution is 6.68. The van der Waals surface area contributed by atoms with E-state index in [1.165, 1.54) is 0 Å². The van der Waals surface area contributed by atoms with Crippen LogP contribution in [0.3, 0.4) is 0 Å². The molecule has 0 saturated carbocycles. The van der Waals surface area contributed by atoms with E-state index in [2.05, 4.69) is 11.5 Å². The predicted molar refractivity (Wildman–Crippen MR) is 83.5 cm³/mol. The number of rotatable bonds is 2. The summed E-state index contributed by atoms with van der Waals surface area (Å²) in [5, 5.41) is 1.88. The number of esters is 1. The molecule has 8 heteroatoms. The summed E-state index contributed by atoms with van der Waals surface area (Å²) in [6.45, 7) is 4.71. The van der Waals surface area contributed by atoms with Gasteiger partial charge >= 0.3 is 5.97 Å². The molecule has 2 aliphatic rings. The third kappa shape index (κ3) is 3.73. The van der Waals surface area contributed by atoms with Crippen molar-refractivity contribution in [1.82, 2.24) is 10.4 Å². The van der Waals surface area contributed by atoms with Crippen LogP contribution in [0.4, 0.5) is 0 Å². The number of nitrogens with one attached hydrogen (secondary N) is 1. The van der Waals surface area contributed by atoms with E-state index >= 15 is 0 Å². The molecule has 2 heterocycles. The molecule has 2 bridgehead atoms. The molecule has 116 valence electrons. The van der Waals surface area contributed by atoms with Crippen LogP contribution in [0, 0.1) is 5.92 Å². The summed E-state index contributed by atoms with van der Waals surface area (Å²) in [7, 11) is 0. The summed E-state index contributed by atoms with van der Waals surface area (Å²) in [5.74, 6) is -0.216. The molecule has 4 nitrogen and oxygen atoms in total. The molecule has 1 fully saturated rings. The number of nitrogens with zero attached hydrogens (tertiary/aromatic N) is 1. The van der Waals surface area contributed by atoms with Gasteiger partial charge in [0.05, 0.1) is 0 Å². The van der Waals surface area contributed by atoms with Crippen molar-refractivity contribution >= 4 is 53.2 Å². The highest BCUT2D eigenvalue weighted by atomic mass is 35.6. The van der Waals surface area contributed by atoms with Crippen LogP contribution >= 0.6 is 47.2 Å². The number of carbonyl (C=O) groups is 1. The molecule has 0 amide bonds. The summed E-state index contributed by atoms with van der Waals surface area (Å²) in [6.07, 6.45) is 4.99. The maximum Gasteiger partial charge on any atom is 0.326 e. The minimum absolute atomic E-state index is 0. The van der Waals surface area contributed by atoms with Crippen LogP contribution in [-0.2, 0) is 9.53 Å². The summed E-state index contributed by atoms with van der Waals surface area (Å²) >= 11 is 17.5. The Kier molecular flexibility index (Phi) is 6.04. The van der Waals surface area contributed by atoms with Gasteiger partial charge in [0, 0.05) is 19.0 Å². The zero-order chi connectivity index (χ0) is 14.3. The molecule has 0 aromatic rings. The maximum atomic E-state index is 12.4. The Morgan fingerprint density at radius 1 is 1.40 bits per heavy atom. The van der Waals surface area contributed by atoms with Gasteiger partial charge in [0.2, 0.25) is 3.79 Å². The lowest BCUT2D eigenvalue weighted by molar-refractivity contribution is -0.167. The summed E-state index contributed by atoms with van der Waals surface area (Å²) in [5.41, 5.74) is 2.01. The molecule has 0 spiro atoms. The average molecular weight is 364 g/mol. The van der Waals surface area contributed by atoms with Crippen molar-refractivity contribution in [2.24, 2.45) is 5.92 Å². The standard InChI is InChI=1S/C12H17Cl3N2O2.ClH/c1-11(2,12(13,14)15)19-10(18)9-8-4-3-7-17(9)16-6-5-8;/h3-4,8-9,16H,5-7H2,1-2H3;1H. The third-order valence-corrected chi connectivity index (χ3v) is 4.86. The summed E-state index contributed by atoms with van der Waals surface area (Å²) < 4.78 is 3.77. The minimum atomic E-state index is -1.66. The number of fused-ring (bicyclic) bond motifs is 2. The third-order valence-electron chi connectivity index (χ3n) is 3.50. The van der Waals surface area contributed by atoms with Gasteiger partial charge in [-0.05, 0) is 20.3 Å². The van der Waals surface area contributed by atoms with E-state index in [0.717, 1.165) is 13.0 Å². The predicted octanol–water partition coefficient (Wildman–Crippen LogP) is 2.87. The second-order valence-electron chi connectivity index (χ2n) is 5.32. The number of hydrogen-bond donors (Lipinski definition) is 1. The summed E-state index contributed by atoms with van der Waals surface area (Å²) in [4.78, 5) is 12.4. The Bertz CT molecular complexity index is 395. The van der Waals surface area contributed by atoms with Crippen LogP contribution in [0.25, 0.3) is 0 Å². The average Bonchev–Trinajstić information content (AvgIpc) is 2.25. The van der Waals surface area contributed by atoms with E-state index in [-0.39, 0.29) is 30.3 Å². The number of ether oxygens (including phenoxy) is 1. The first-order valence-corrected chi connectivity index (χ1v) is 7.32. The lowest BCUT2D eigenvalue weighted by Gasteiger charge is -2.43. The van der Waals surface area contributed by atoms with Gasteiger partial charge in [0.1, 0.15) is 6.04 Å². The first-order chi connectivity index (χ1) is 8.72. The van der Waals surface area contributed by atoms with Gasteiger partial charge in [-0.15, -0.1) is 12.4 Å². The van der Waals surface area contributed by atoms with Crippen LogP contribution in [-0.4, -0.2) is 39.5 Å². The largest absolute Gasteiger partial charge is 0.454 e. The Labute approximate surface area is 140 Å². The number of alkyl halides is 3. The molecule has 0 radical (unpaired) electrons. The van der Waals surface area contributed by atoms with Crippen molar-refractivity contribution in [3.63, 3.8) is 0 Å². The van der Waals surface area contributed by atoms with Crippen LogP contribution in [0.5, 0.6) is 0 Å². The van der Waals surface area contributed by atoms with E-state index in [1.54, 1.807) is 13.8 Å². The van der Waals surface area contributed by atoms with E-state index in [1.807, 2.05) is 11.1 Å². The van der Waals surface area contributed by atoms with Gasteiger partial charge in [-0.1, -0.05) is 47.0 Å². The van der Waals surface area contributed by atoms with Crippen molar-refractivity contribution in [2.45, 2.75) is 35.7 Å². The van der Waals surface area contributed by atoms with Crippen molar-refractivity contribution in [1.29, 1.82) is 0 Å². The van der Waals surface area contributed by atoms with Gasteiger partial charge in [0.25, 0.3) is 0 Å². The fourth-order valence-electron chi connectivity index (χ4n) is 2.26. The first-order valence-electron chi connectivity index (χ1n) is 6.19. The molecule has 2 rings (SSSR count). The van der Waals surface area contributed by atoms with Crippen LogP contribution in [0.15, 0.2) is 12.2 Å². The maximum absolute atomic E-state index is 12.4. The van der Waals surface area contributed by atoms with E-state index in [4.69, 9.17) is 39.5 Å². The van der Waals surface area contributed by atoms with Gasteiger partial charge in [-0.2, -0.15) is 0 Å². The molecule has 0 aromatic heterocycles. The zero-order valence-electron chi connectivity index (χ0n) is 11.2. The minimum Gasteiger partial charge on any atom is -0.454 e. The SMILES string of the molecule is CC(C)(OC(=O)C1C2C=CCN1NCC2)C(Cl)(Cl)Cl.Cl. The van der Waals surface area contributed by atoms with Crippen molar-refractivity contribution in [3.8, 4) is 0 Å². The molecule has 0 aromatic carbocycles. The fraction of sp³-hybridized carbons (Fsp3) is 0.750. The quantitative estimate of drug-likeness (QED) is 0.465. The van der Waals surface area contributed by atoms with Gasteiger partial charge < -0.3 is 4.74 Å². The fourth-order valence-corrected chi connectivity index (χ4v) is 2.38. The molecule has 3 unspecified atom stereocenters. The molecule has 1 saturated heterocycles. The highest BCUT2D eigenvalue weighted by Gasteiger charge is 2.47. The lowest BCUT2D eigenvalue weighted by atomic mass is 9.90. The Hall–Kier alpha value is 0.290. The first kappa shape index (κ1) is 18.3. The monoisotopic (exact) mass is 362 g/mol. The van der Waals surface area contributed by atoms with E-state index in [9.17, 15) is 4.79 Å². The van der Waals surface area contributed by atoms with E-state index < -0.39 is 9.39 Å². The number of hydrazine groups is 1. The van der Waals surface area contributed by atoms with Gasteiger partial charge in [0.15, 0.2) is 5.60 Å². The number of halogens is 4. The van der Waals surface area contributed by atoms with E-state index in [0.29, 0.717) is 6.54 Å². The Morgan fingerprint density at radius 3 is 2.60 bits per heavy atom.